The summed E-state index contributed by atoms with van der Waals surface area (Å²) < 4.78 is 41.8. The second-order valence-corrected chi connectivity index (χ2v) is 10.0. The van der Waals surface area contributed by atoms with E-state index in [1.54, 1.807) is 0 Å². The van der Waals surface area contributed by atoms with E-state index in [-0.39, 0.29) is 6.54 Å². The summed E-state index contributed by atoms with van der Waals surface area (Å²) in [6.07, 6.45) is 2.17. The summed E-state index contributed by atoms with van der Waals surface area (Å²) in [5.41, 5.74) is 2.09. The summed E-state index contributed by atoms with van der Waals surface area (Å²) in [6.45, 7) is 7.11. The number of carbonyl (C=O) groups is 1. The van der Waals surface area contributed by atoms with Crippen molar-refractivity contribution in [1.29, 1.82) is 0 Å². The summed E-state index contributed by atoms with van der Waals surface area (Å²) in [6, 6.07) is 12.0. The number of carbonyl (C=O) groups excluding carboxylic acids is 1. The van der Waals surface area contributed by atoms with Crippen molar-refractivity contribution in [1.82, 2.24) is 14.9 Å². The zero-order chi connectivity index (χ0) is 23.6. The van der Waals surface area contributed by atoms with Gasteiger partial charge in [0.1, 0.15) is 16.8 Å². The van der Waals surface area contributed by atoms with E-state index in [1.807, 2.05) is 30.5 Å². The van der Waals surface area contributed by atoms with E-state index in [0.29, 0.717) is 12.2 Å². The smallest absolute Gasteiger partial charge is 0.244 e. The molecule has 0 fully saturated rings. The Morgan fingerprint density at radius 2 is 1.69 bits per heavy atom. The first-order chi connectivity index (χ1) is 15.3. The van der Waals surface area contributed by atoms with Gasteiger partial charge < -0.3 is 5.32 Å². The second kappa shape index (κ2) is 12.9. The Morgan fingerprint density at radius 1 is 1.06 bits per heavy atom. The lowest BCUT2D eigenvalue weighted by molar-refractivity contribution is -0.122. The molecule has 2 aromatic carbocycles. The normalized spacial score (nSPS) is 12.7. The molecule has 0 saturated heterocycles. The summed E-state index contributed by atoms with van der Waals surface area (Å²) in [4.78, 5) is 14.7. The van der Waals surface area contributed by atoms with Crippen LogP contribution in [0.25, 0.3) is 0 Å². The lowest BCUT2D eigenvalue weighted by Gasteiger charge is -2.21. The Kier molecular flexibility index (Phi) is 10.6. The Balaban J connectivity index is 2.13. The van der Waals surface area contributed by atoms with Gasteiger partial charge in [0.05, 0.1) is 0 Å². The van der Waals surface area contributed by atoms with Gasteiger partial charge in [-0.25, -0.2) is 12.8 Å². The molecule has 2 N–H and O–H groups in total. The zero-order valence-electron chi connectivity index (χ0n) is 18.8. The predicted molar refractivity (Wildman–Crippen MR) is 128 cm³/mol. The van der Waals surface area contributed by atoms with Gasteiger partial charge in [0.25, 0.3) is 0 Å². The number of hydrogen-bond acceptors (Lipinski definition) is 5. The molecule has 0 aliphatic carbocycles. The van der Waals surface area contributed by atoms with Gasteiger partial charge in [-0.1, -0.05) is 50.2 Å². The third-order valence-corrected chi connectivity index (χ3v) is 7.36. The van der Waals surface area contributed by atoms with Crippen LogP contribution in [0.5, 0.6) is 0 Å². The standard InChI is InChI=1S/C23H32FN3O3S2/c1-4-27(5-2)17-19-11-7-6-10-18(19)16-25-23(28)21(14-15-31-3)26-32(29,30)22-13-9-8-12-20(22)24/h6-13,21,26H,4-5,14-17H2,1-3H3,(H,25,28). The van der Waals surface area contributed by atoms with Crippen LogP contribution in [0.1, 0.15) is 31.4 Å². The molecule has 0 saturated carbocycles. The average molecular weight is 482 g/mol. The monoisotopic (exact) mass is 481 g/mol. The number of halogens is 1. The van der Waals surface area contributed by atoms with Crippen LogP contribution < -0.4 is 10.0 Å². The van der Waals surface area contributed by atoms with Gasteiger partial charge in [-0.2, -0.15) is 16.5 Å². The molecular weight excluding hydrogens is 449 g/mol. The fraction of sp³-hybridized carbons (Fsp3) is 0.435. The van der Waals surface area contributed by atoms with Gasteiger partial charge in [-0.3, -0.25) is 9.69 Å². The summed E-state index contributed by atoms with van der Waals surface area (Å²) in [5, 5.41) is 2.86. The van der Waals surface area contributed by atoms with Crippen molar-refractivity contribution in [2.24, 2.45) is 0 Å². The average Bonchev–Trinajstić information content (AvgIpc) is 2.79. The third-order valence-electron chi connectivity index (χ3n) is 5.21. The molecule has 2 rings (SSSR count). The molecular formula is C23H32FN3O3S2. The summed E-state index contributed by atoms with van der Waals surface area (Å²) in [5.74, 6) is -0.706. The zero-order valence-corrected chi connectivity index (χ0v) is 20.4. The van der Waals surface area contributed by atoms with E-state index in [0.717, 1.165) is 36.8 Å². The molecule has 0 spiro atoms. The minimum Gasteiger partial charge on any atom is -0.351 e. The molecule has 2 aromatic rings. The first-order valence-electron chi connectivity index (χ1n) is 10.6. The molecule has 32 heavy (non-hydrogen) atoms. The minimum atomic E-state index is -4.18. The third kappa shape index (κ3) is 7.58. The number of thioether (sulfide) groups is 1. The van der Waals surface area contributed by atoms with Crippen LogP contribution in [0.15, 0.2) is 53.4 Å². The first-order valence-corrected chi connectivity index (χ1v) is 13.5. The van der Waals surface area contributed by atoms with Crippen molar-refractivity contribution < 1.29 is 17.6 Å². The van der Waals surface area contributed by atoms with E-state index in [9.17, 15) is 17.6 Å². The first kappa shape index (κ1) is 26.3. The Hall–Kier alpha value is -1.94. The number of nitrogens with zero attached hydrogens (tertiary/aromatic N) is 1. The largest absolute Gasteiger partial charge is 0.351 e. The van der Waals surface area contributed by atoms with Crippen molar-refractivity contribution in [3.05, 3.63) is 65.5 Å². The molecule has 1 atom stereocenters. The Labute approximate surface area is 195 Å². The van der Waals surface area contributed by atoms with Crippen LogP contribution in [0.3, 0.4) is 0 Å². The highest BCUT2D eigenvalue weighted by atomic mass is 32.2. The van der Waals surface area contributed by atoms with Crippen LogP contribution in [0.4, 0.5) is 4.39 Å². The number of nitrogens with one attached hydrogen (secondary N) is 2. The molecule has 6 nitrogen and oxygen atoms in total. The van der Waals surface area contributed by atoms with E-state index >= 15 is 0 Å². The molecule has 0 aromatic heterocycles. The van der Waals surface area contributed by atoms with Gasteiger partial charge in [-0.05, 0) is 54.8 Å². The van der Waals surface area contributed by atoms with Gasteiger partial charge in [-0.15, -0.1) is 0 Å². The fourth-order valence-electron chi connectivity index (χ4n) is 3.27. The van der Waals surface area contributed by atoms with Gasteiger partial charge >= 0.3 is 0 Å². The van der Waals surface area contributed by atoms with Gasteiger partial charge in [0.15, 0.2) is 0 Å². The maximum absolute atomic E-state index is 14.0. The van der Waals surface area contributed by atoms with Crippen molar-refractivity contribution in [3.8, 4) is 0 Å². The number of hydrogen-bond donors (Lipinski definition) is 2. The Bertz CT molecular complexity index is 982. The van der Waals surface area contributed by atoms with Crippen LogP contribution >= 0.6 is 11.8 Å². The number of amides is 1. The highest BCUT2D eigenvalue weighted by molar-refractivity contribution is 7.98. The van der Waals surface area contributed by atoms with Crippen LogP contribution in [-0.2, 0) is 27.9 Å². The van der Waals surface area contributed by atoms with Gasteiger partial charge in [0, 0.05) is 13.1 Å². The van der Waals surface area contributed by atoms with Crippen LogP contribution in [0, 0.1) is 5.82 Å². The maximum Gasteiger partial charge on any atom is 0.244 e. The van der Waals surface area contributed by atoms with E-state index < -0.39 is 32.7 Å². The number of benzene rings is 2. The highest BCUT2D eigenvalue weighted by Crippen LogP contribution is 2.16. The molecule has 1 amide bonds. The number of rotatable bonds is 13. The molecule has 9 heteroatoms. The highest BCUT2D eigenvalue weighted by Gasteiger charge is 2.27. The van der Waals surface area contributed by atoms with E-state index in [1.165, 1.54) is 30.0 Å². The molecule has 176 valence electrons. The van der Waals surface area contributed by atoms with Crippen LogP contribution in [-0.4, -0.2) is 50.4 Å². The predicted octanol–water partition coefficient (Wildman–Crippen LogP) is 3.38. The lowest BCUT2D eigenvalue weighted by Crippen LogP contribution is -2.47. The van der Waals surface area contributed by atoms with Crippen molar-refractivity contribution in [3.63, 3.8) is 0 Å². The minimum absolute atomic E-state index is 0.285. The second-order valence-electron chi connectivity index (χ2n) is 7.33. The van der Waals surface area contributed by atoms with Crippen molar-refractivity contribution in [2.45, 2.75) is 44.3 Å². The molecule has 0 radical (unpaired) electrons. The quantitative estimate of drug-likeness (QED) is 0.459. The van der Waals surface area contributed by atoms with E-state index in [4.69, 9.17) is 0 Å². The molecule has 0 aliphatic rings. The van der Waals surface area contributed by atoms with Crippen molar-refractivity contribution in [2.75, 3.05) is 25.1 Å². The maximum atomic E-state index is 14.0. The fourth-order valence-corrected chi connectivity index (χ4v) is 5.05. The van der Waals surface area contributed by atoms with E-state index in [2.05, 4.69) is 28.8 Å². The molecule has 1 unspecified atom stereocenters. The van der Waals surface area contributed by atoms with Crippen LogP contribution in [0.2, 0.25) is 0 Å². The molecule has 0 aliphatic heterocycles. The topological polar surface area (TPSA) is 78.5 Å². The SMILES string of the molecule is CCN(CC)Cc1ccccc1CNC(=O)C(CCSC)NS(=O)(=O)c1ccccc1F. The summed E-state index contributed by atoms with van der Waals surface area (Å²) in [7, 11) is -4.18. The number of sulfonamides is 1. The Morgan fingerprint density at radius 3 is 2.31 bits per heavy atom. The molecule has 0 heterocycles. The van der Waals surface area contributed by atoms with Gasteiger partial charge in [0.2, 0.25) is 15.9 Å². The summed E-state index contributed by atoms with van der Waals surface area (Å²) >= 11 is 1.51. The lowest BCUT2D eigenvalue weighted by atomic mass is 10.1. The molecule has 0 bridgehead atoms. The van der Waals surface area contributed by atoms with Crippen molar-refractivity contribution >= 4 is 27.7 Å².